The zero-order valence-electron chi connectivity index (χ0n) is 14.1. The van der Waals surface area contributed by atoms with Crippen LogP contribution < -0.4 is 5.32 Å². The minimum absolute atomic E-state index is 0.768. The van der Waals surface area contributed by atoms with E-state index in [0.29, 0.717) is 0 Å². The maximum Gasteiger partial charge on any atom is 0.0108 e. The Labute approximate surface area is 135 Å². The van der Waals surface area contributed by atoms with E-state index in [-0.39, 0.29) is 0 Å². The van der Waals surface area contributed by atoms with Gasteiger partial charge in [-0.1, -0.05) is 24.3 Å². The monoisotopic (exact) mass is 301 g/mol. The van der Waals surface area contributed by atoms with Gasteiger partial charge in [0, 0.05) is 32.7 Å². The highest BCUT2D eigenvalue weighted by Crippen LogP contribution is 2.30. The molecule has 2 fully saturated rings. The number of likely N-dealkylation sites (tertiary alicyclic amines) is 1. The smallest absolute Gasteiger partial charge is 0.0108 e. The van der Waals surface area contributed by atoms with Gasteiger partial charge in [0.25, 0.3) is 0 Å². The third-order valence-corrected chi connectivity index (χ3v) is 5.35. The third-order valence-electron chi connectivity index (χ3n) is 5.35. The fraction of sp³-hybridized carbons (Fsp3) is 0.684. The van der Waals surface area contributed by atoms with Gasteiger partial charge in [0.05, 0.1) is 0 Å². The minimum Gasteiger partial charge on any atom is -0.314 e. The van der Waals surface area contributed by atoms with Crippen molar-refractivity contribution in [3.63, 3.8) is 0 Å². The van der Waals surface area contributed by atoms with Crippen molar-refractivity contribution in [2.24, 2.45) is 0 Å². The van der Waals surface area contributed by atoms with Crippen LogP contribution in [0.15, 0.2) is 24.3 Å². The van der Waals surface area contributed by atoms with E-state index in [1.165, 1.54) is 58.4 Å². The molecule has 2 aliphatic heterocycles. The lowest BCUT2D eigenvalue weighted by molar-refractivity contribution is 0.243. The second kappa shape index (κ2) is 8.09. The molecule has 0 spiro atoms. The molecule has 0 amide bonds. The summed E-state index contributed by atoms with van der Waals surface area (Å²) in [5, 5.41) is 3.44. The Kier molecular flexibility index (Phi) is 5.88. The van der Waals surface area contributed by atoms with Crippen LogP contribution in [0.1, 0.15) is 36.3 Å². The molecule has 22 heavy (non-hydrogen) atoms. The Hall–Kier alpha value is -0.900. The minimum atomic E-state index is 0.768. The van der Waals surface area contributed by atoms with Gasteiger partial charge < -0.3 is 15.1 Å². The molecule has 3 heteroatoms. The van der Waals surface area contributed by atoms with Crippen LogP contribution in [0.5, 0.6) is 0 Å². The average molecular weight is 301 g/mol. The van der Waals surface area contributed by atoms with Crippen molar-refractivity contribution in [2.75, 3.05) is 52.9 Å². The van der Waals surface area contributed by atoms with Gasteiger partial charge in [0.15, 0.2) is 0 Å². The Balaban J connectivity index is 1.63. The van der Waals surface area contributed by atoms with Crippen molar-refractivity contribution in [3.8, 4) is 0 Å². The molecular formula is C19H31N3. The maximum absolute atomic E-state index is 3.44. The SMILES string of the molecule is CN1CCCC(c2ccccc2CCN2CCNCC2)CC1. The van der Waals surface area contributed by atoms with E-state index in [9.17, 15) is 0 Å². The first-order chi connectivity index (χ1) is 10.8. The fourth-order valence-corrected chi connectivity index (χ4v) is 3.92. The lowest BCUT2D eigenvalue weighted by Gasteiger charge is -2.28. The van der Waals surface area contributed by atoms with Crippen molar-refractivity contribution in [1.82, 2.24) is 15.1 Å². The van der Waals surface area contributed by atoms with Crippen LogP contribution in [0.25, 0.3) is 0 Å². The Bertz CT molecular complexity index is 454. The molecule has 1 aromatic rings. The van der Waals surface area contributed by atoms with Crippen LogP contribution >= 0.6 is 0 Å². The second-order valence-electron chi connectivity index (χ2n) is 6.97. The van der Waals surface area contributed by atoms with Gasteiger partial charge in [0.1, 0.15) is 0 Å². The van der Waals surface area contributed by atoms with Gasteiger partial charge in [-0.05, 0) is 62.9 Å². The maximum atomic E-state index is 3.44. The largest absolute Gasteiger partial charge is 0.314 e. The Morgan fingerprint density at radius 1 is 1.05 bits per heavy atom. The zero-order valence-corrected chi connectivity index (χ0v) is 14.1. The molecule has 1 aromatic carbocycles. The van der Waals surface area contributed by atoms with E-state index in [2.05, 4.69) is 46.4 Å². The molecule has 0 radical (unpaired) electrons. The summed E-state index contributed by atoms with van der Waals surface area (Å²) in [6.45, 7) is 8.43. The van der Waals surface area contributed by atoms with Crippen molar-refractivity contribution in [3.05, 3.63) is 35.4 Å². The van der Waals surface area contributed by atoms with E-state index in [1.54, 1.807) is 11.1 Å². The van der Waals surface area contributed by atoms with Crippen molar-refractivity contribution < 1.29 is 0 Å². The summed E-state index contributed by atoms with van der Waals surface area (Å²) in [4.78, 5) is 5.09. The van der Waals surface area contributed by atoms with E-state index < -0.39 is 0 Å². The third kappa shape index (κ3) is 4.31. The molecule has 3 nitrogen and oxygen atoms in total. The number of nitrogens with one attached hydrogen (secondary N) is 1. The molecule has 0 bridgehead atoms. The van der Waals surface area contributed by atoms with Gasteiger partial charge in [-0.15, -0.1) is 0 Å². The van der Waals surface area contributed by atoms with E-state index >= 15 is 0 Å². The van der Waals surface area contributed by atoms with E-state index in [0.717, 1.165) is 19.0 Å². The van der Waals surface area contributed by atoms with Gasteiger partial charge in [-0.3, -0.25) is 0 Å². The topological polar surface area (TPSA) is 18.5 Å². The first-order valence-electron chi connectivity index (χ1n) is 9.02. The van der Waals surface area contributed by atoms with Crippen LogP contribution in [0.2, 0.25) is 0 Å². The van der Waals surface area contributed by atoms with Crippen molar-refractivity contribution >= 4 is 0 Å². The number of nitrogens with zero attached hydrogens (tertiary/aromatic N) is 2. The highest BCUT2D eigenvalue weighted by molar-refractivity contribution is 5.31. The standard InChI is InChI=1S/C19H31N3/c1-21-12-4-6-18(8-13-21)19-7-3-2-5-17(19)9-14-22-15-10-20-11-16-22/h2-3,5,7,18,20H,4,6,8-16H2,1H3. The molecule has 2 heterocycles. The number of hydrogen-bond acceptors (Lipinski definition) is 3. The predicted octanol–water partition coefficient (Wildman–Crippen LogP) is 2.33. The molecule has 1 N–H and O–H groups in total. The van der Waals surface area contributed by atoms with E-state index in [4.69, 9.17) is 0 Å². The number of benzene rings is 1. The summed E-state index contributed by atoms with van der Waals surface area (Å²) in [7, 11) is 2.26. The number of hydrogen-bond donors (Lipinski definition) is 1. The van der Waals surface area contributed by atoms with Gasteiger partial charge in [0.2, 0.25) is 0 Å². The first-order valence-corrected chi connectivity index (χ1v) is 9.02. The summed E-state index contributed by atoms with van der Waals surface area (Å²) in [6.07, 6.45) is 5.23. The molecule has 0 aromatic heterocycles. The molecule has 2 saturated heterocycles. The highest BCUT2D eigenvalue weighted by atomic mass is 15.2. The Morgan fingerprint density at radius 3 is 2.73 bits per heavy atom. The van der Waals surface area contributed by atoms with Gasteiger partial charge in [-0.2, -0.15) is 0 Å². The summed E-state index contributed by atoms with van der Waals surface area (Å²) in [5.74, 6) is 0.768. The zero-order chi connectivity index (χ0) is 15.2. The first kappa shape index (κ1) is 16.0. The van der Waals surface area contributed by atoms with Gasteiger partial charge >= 0.3 is 0 Å². The fourth-order valence-electron chi connectivity index (χ4n) is 3.92. The number of rotatable bonds is 4. The molecule has 1 atom stereocenters. The quantitative estimate of drug-likeness (QED) is 0.921. The molecule has 3 rings (SSSR count). The molecule has 122 valence electrons. The van der Waals surface area contributed by atoms with E-state index in [1.807, 2.05) is 0 Å². The summed E-state index contributed by atoms with van der Waals surface area (Å²) in [5.41, 5.74) is 3.23. The lowest BCUT2D eigenvalue weighted by Crippen LogP contribution is -2.44. The number of piperazine rings is 1. The molecular weight excluding hydrogens is 270 g/mol. The van der Waals surface area contributed by atoms with Crippen LogP contribution in [0.4, 0.5) is 0 Å². The lowest BCUT2D eigenvalue weighted by atomic mass is 9.87. The summed E-state index contributed by atoms with van der Waals surface area (Å²) >= 11 is 0. The average Bonchev–Trinajstić information content (AvgIpc) is 2.79. The van der Waals surface area contributed by atoms with Crippen molar-refractivity contribution in [2.45, 2.75) is 31.6 Å². The summed E-state index contributed by atoms with van der Waals surface area (Å²) in [6, 6.07) is 9.22. The molecule has 0 aliphatic carbocycles. The summed E-state index contributed by atoms with van der Waals surface area (Å²) < 4.78 is 0. The predicted molar refractivity (Wildman–Crippen MR) is 93.5 cm³/mol. The van der Waals surface area contributed by atoms with Crippen LogP contribution in [-0.2, 0) is 6.42 Å². The molecule has 0 saturated carbocycles. The highest BCUT2D eigenvalue weighted by Gasteiger charge is 2.19. The second-order valence-corrected chi connectivity index (χ2v) is 6.97. The molecule has 1 unspecified atom stereocenters. The van der Waals surface area contributed by atoms with Crippen LogP contribution in [0.3, 0.4) is 0 Å². The van der Waals surface area contributed by atoms with Crippen molar-refractivity contribution in [1.29, 1.82) is 0 Å². The Morgan fingerprint density at radius 2 is 1.86 bits per heavy atom. The van der Waals surface area contributed by atoms with Crippen LogP contribution in [-0.4, -0.2) is 62.7 Å². The molecule has 2 aliphatic rings. The normalized spacial score (nSPS) is 25.0. The van der Waals surface area contributed by atoms with Gasteiger partial charge in [-0.25, -0.2) is 0 Å². The van der Waals surface area contributed by atoms with Crippen LogP contribution in [0, 0.1) is 0 Å².